The first-order chi connectivity index (χ1) is 15.8. The second-order valence-corrected chi connectivity index (χ2v) is 8.79. The van der Waals surface area contributed by atoms with E-state index in [-0.39, 0.29) is 11.9 Å². The largest absolute Gasteiger partial charge is 0.352 e. The van der Waals surface area contributed by atoms with E-state index in [4.69, 9.17) is 4.98 Å². The molecule has 1 aliphatic rings. The first-order valence-corrected chi connectivity index (χ1v) is 11.5. The normalized spacial score (nSPS) is 14.0. The van der Waals surface area contributed by atoms with Gasteiger partial charge in [-0.1, -0.05) is 103 Å². The van der Waals surface area contributed by atoms with Gasteiger partial charge < -0.3 is 5.32 Å². The third-order valence-corrected chi connectivity index (χ3v) is 6.35. The maximum Gasteiger partial charge on any atom is 0.238 e. The number of carbonyl (C=O) groups excluding carboxylic acids is 1. The van der Waals surface area contributed by atoms with E-state index < -0.39 is 5.25 Å². The predicted molar refractivity (Wildman–Crippen MR) is 127 cm³/mol. The van der Waals surface area contributed by atoms with Crippen LogP contribution in [0.2, 0.25) is 0 Å². The van der Waals surface area contributed by atoms with Crippen molar-refractivity contribution in [1.82, 2.24) is 20.5 Å². The quantitative estimate of drug-likeness (QED) is 0.396. The van der Waals surface area contributed by atoms with E-state index in [0.29, 0.717) is 5.16 Å². The van der Waals surface area contributed by atoms with E-state index >= 15 is 0 Å². The molecule has 0 saturated heterocycles. The molecule has 1 saturated carbocycles. The summed E-state index contributed by atoms with van der Waals surface area (Å²) in [6.45, 7) is 0. The van der Waals surface area contributed by atoms with Crippen molar-refractivity contribution in [2.45, 2.75) is 29.3 Å². The summed E-state index contributed by atoms with van der Waals surface area (Å²) in [6, 6.07) is 29.9. The summed E-state index contributed by atoms with van der Waals surface area (Å²) in [5.74, 6) is -0.0132. The lowest BCUT2D eigenvalue weighted by Crippen LogP contribution is -2.29. The SMILES string of the molecule is O=C(NC1CC1)C(Sc1nnc(-c2ccccc2)c(-c2ccccc2)n1)c1ccccc1. The van der Waals surface area contributed by atoms with Crippen molar-refractivity contribution < 1.29 is 4.79 Å². The van der Waals surface area contributed by atoms with Crippen molar-refractivity contribution >= 4 is 17.7 Å². The van der Waals surface area contributed by atoms with Gasteiger partial charge in [-0.15, -0.1) is 10.2 Å². The molecule has 1 N–H and O–H groups in total. The van der Waals surface area contributed by atoms with Crippen LogP contribution in [0, 0.1) is 0 Å². The number of nitrogens with one attached hydrogen (secondary N) is 1. The molecule has 1 fully saturated rings. The van der Waals surface area contributed by atoms with Crippen LogP contribution in [0.3, 0.4) is 0 Å². The monoisotopic (exact) mass is 438 g/mol. The number of hydrogen-bond acceptors (Lipinski definition) is 5. The number of carbonyl (C=O) groups is 1. The lowest BCUT2D eigenvalue weighted by atomic mass is 10.0. The fourth-order valence-corrected chi connectivity index (χ4v) is 4.37. The predicted octanol–water partition coefficient (Wildman–Crippen LogP) is 5.32. The molecule has 0 bridgehead atoms. The average molecular weight is 439 g/mol. The molecule has 1 amide bonds. The number of nitrogens with zero attached hydrogens (tertiary/aromatic N) is 3. The summed E-state index contributed by atoms with van der Waals surface area (Å²) >= 11 is 1.34. The Balaban J connectivity index is 1.53. The number of thioether (sulfide) groups is 1. The second-order valence-electron chi connectivity index (χ2n) is 7.72. The number of aromatic nitrogens is 3. The van der Waals surface area contributed by atoms with Gasteiger partial charge in [-0.05, 0) is 18.4 Å². The molecular weight excluding hydrogens is 416 g/mol. The highest BCUT2D eigenvalue weighted by Crippen LogP contribution is 2.36. The molecule has 4 aromatic rings. The molecule has 6 heteroatoms. The van der Waals surface area contributed by atoms with Crippen LogP contribution in [0.5, 0.6) is 0 Å². The van der Waals surface area contributed by atoms with Crippen molar-refractivity contribution in [3.8, 4) is 22.5 Å². The number of rotatable bonds is 7. The Morgan fingerprint density at radius 2 is 1.34 bits per heavy atom. The summed E-state index contributed by atoms with van der Waals surface area (Å²) in [4.78, 5) is 17.9. The average Bonchev–Trinajstić information content (AvgIpc) is 3.68. The highest BCUT2D eigenvalue weighted by molar-refractivity contribution is 8.00. The number of benzene rings is 3. The molecular formula is C26H22N4OS. The fourth-order valence-electron chi connectivity index (χ4n) is 3.46. The van der Waals surface area contributed by atoms with Crippen LogP contribution in [-0.4, -0.2) is 27.1 Å². The van der Waals surface area contributed by atoms with Crippen LogP contribution in [0.1, 0.15) is 23.7 Å². The van der Waals surface area contributed by atoms with Crippen LogP contribution in [0.15, 0.2) is 96.2 Å². The third kappa shape index (κ3) is 4.70. The Bertz CT molecular complexity index is 1200. The van der Waals surface area contributed by atoms with Gasteiger partial charge in [-0.25, -0.2) is 4.98 Å². The van der Waals surface area contributed by atoms with Gasteiger partial charge in [0.25, 0.3) is 0 Å². The Labute approximate surface area is 191 Å². The van der Waals surface area contributed by atoms with E-state index in [2.05, 4.69) is 15.5 Å². The maximum absolute atomic E-state index is 13.0. The van der Waals surface area contributed by atoms with Gasteiger partial charge >= 0.3 is 0 Å². The van der Waals surface area contributed by atoms with Crippen molar-refractivity contribution in [1.29, 1.82) is 0 Å². The fraction of sp³-hybridized carbons (Fsp3) is 0.154. The van der Waals surface area contributed by atoms with Crippen molar-refractivity contribution in [2.75, 3.05) is 0 Å². The molecule has 5 nitrogen and oxygen atoms in total. The van der Waals surface area contributed by atoms with E-state index in [9.17, 15) is 4.79 Å². The summed E-state index contributed by atoms with van der Waals surface area (Å²) in [5, 5.41) is 12.1. The zero-order chi connectivity index (χ0) is 21.8. The first-order valence-electron chi connectivity index (χ1n) is 10.7. The Hall–Kier alpha value is -3.51. The topological polar surface area (TPSA) is 67.8 Å². The van der Waals surface area contributed by atoms with E-state index in [1.807, 2.05) is 91.0 Å². The van der Waals surface area contributed by atoms with Crippen LogP contribution in [-0.2, 0) is 4.79 Å². The number of hydrogen-bond donors (Lipinski definition) is 1. The molecule has 0 aliphatic heterocycles. The van der Waals surface area contributed by atoms with Crippen LogP contribution >= 0.6 is 11.8 Å². The third-order valence-electron chi connectivity index (χ3n) is 5.25. The molecule has 158 valence electrons. The number of amides is 1. The zero-order valence-corrected chi connectivity index (χ0v) is 18.2. The smallest absolute Gasteiger partial charge is 0.238 e. The minimum Gasteiger partial charge on any atom is -0.352 e. The van der Waals surface area contributed by atoms with Gasteiger partial charge in [0, 0.05) is 17.2 Å². The summed E-state index contributed by atoms with van der Waals surface area (Å²) in [7, 11) is 0. The summed E-state index contributed by atoms with van der Waals surface area (Å²) in [5.41, 5.74) is 4.31. The van der Waals surface area contributed by atoms with Crippen molar-refractivity contribution in [2.24, 2.45) is 0 Å². The van der Waals surface area contributed by atoms with Gasteiger partial charge in [0.15, 0.2) is 0 Å². The molecule has 32 heavy (non-hydrogen) atoms. The molecule has 0 spiro atoms. The van der Waals surface area contributed by atoms with Gasteiger partial charge in [0.05, 0.1) is 0 Å². The first kappa shape index (κ1) is 20.4. The standard InChI is InChI=1S/C26H22N4OS/c31-25(27-21-16-17-21)24(20-14-8-3-9-15-20)32-26-28-22(18-10-4-1-5-11-18)23(29-30-26)19-12-6-2-7-13-19/h1-15,21,24H,16-17H2,(H,27,31). The van der Waals surface area contributed by atoms with Crippen LogP contribution in [0.4, 0.5) is 0 Å². The Kier molecular flexibility index (Phi) is 5.94. The van der Waals surface area contributed by atoms with Gasteiger partial charge in [-0.2, -0.15) is 0 Å². The molecule has 0 radical (unpaired) electrons. The summed E-state index contributed by atoms with van der Waals surface area (Å²) in [6.07, 6.45) is 2.08. The molecule has 3 aromatic carbocycles. The summed E-state index contributed by atoms with van der Waals surface area (Å²) < 4.78 is 0. The highest BCUT2D eigenvalue weighted by Gasteiger charge is 2.30. The molecule has 1 heterocycles. The van der Waals surface area contributed by atoms with Crippen molar-refractivity contribution in [3.63, 3.8) is 0 Å². The van der Waals surface area contributed by atoms with Gasteiger partial charge in [0.2, 0.25) is 11.1 Å². The Morgan fingerprint density at radius 1 is 0.781 bits per heavy atom. The van der Waals surface area contributed by atoms with Crippen LogP contribution < -0.4 is 5.32 Å². The lowest BCUT2D eigenvalue weighted by molar-refractivity contribution is -0.120. The van der Waals surface area contributed by atoms with Gasteiger partial charge in [-0.3, -0.25) is 4.79 Å². The molecule has 1 aromatic heterocycles. The van der Waals surface area contributed by atoms with E-state index in [0.717, 1.165) is 40.9 Å². The van der Waals surface area contributed by atoms with Crippen LogP contribution in [0.25, 0.3) is 22.5 Å². The van der Waals surface area contributed by atoms with E-state index in [1.165, 1.54) is 11.8 Å². The zero-order valence-electron chi connectivity index (χ0n) is 17.4. The minimum atomic E-state index is -0.440. The van der Waals surface area contributed by atoms with E-state index in [1.54, 1.807) is 0 Å². The molecule has 5 rings (SSSR count). The molecule has 1 unspecified atom stereocenters. The Morgan fingerprint density at radius 3 is 1.94 bits per heavy atom. The molecule has 1 atom stereocenters. The van der Waals surface area contributed by atoms with Gasteiger partial charge in [0.1, 0.15) is 16.6 Å². The minimum absolute atomic E-state index is 0.0132. The lowest BCUT2D eigenvalue weighted by Gasteiger charge is -2.16. The second kappa shape index (κ2) is 9.32. The molecule has 1 aliphatic carbocycles. The highest BCUT2D eigenvalue weighted by atomic mass is 32.2. The van der Waals surface area contributed by atoms with Crippen molar-refractivity contribution in [3.05, 3.63) is 96.6 Å². The maximum atomic E-state index is 13.0.